The molecule has 136 valence electrons. The molecule has 2 unspecified atom stereocenters. The van der Waals surface area contributed by atoms with E-state index in [1.807, 2.05) is 31.2 Å². The minimum atomic E-state index is -0.598. The Balaban J connectivity index is 1.47. The predicted octanol–water partition coefficient (Wildman–Crippen LogP) is 2.06. The molecule has 2 amide bonds. The van der Waals surface area contributed by atoms with Gasteiger partial charge in [-0.05, 0) is 19.8 Å². The van der Waals surface area contributed by atoms with Gasteiger partial charge in [0.2, 0.25) is 11.8 Å². The van der Waals surface area contributed by atoms with Gasteiger partial charge in [0.15, 0.2) is 12.4 Å². The highest BCUT2D eigenvalue weighted by Crippen LogP contribution is 2.34. The van der Waals surface area contributed by atoms with Crippen molar-refractivity contribution in [2.24, 2.45) is 11.8 Å². The van der Waals surface area contributed by atoms with E-state index in [1.54, 1.807) is 12.1 Å². The first-order valence-corrected chi connectivity index (χ1v) is 8.73. The zero-order chi connectivity index (χ0) is 18.7. The van der Waals surface area contributed by atoms with E-state index in [0.717, 1.165) is 10.5 Å². The molecule has 6 nitrogen and oxygen atoms in total. The number of esters is 1. The number of aryl methyl sites for hydroxylation is 1. The van der Waals surface area contributed by atoms with Gasteiger partial charge in [-0.1, -0.05) is 42.0 Å². The van der Waals surface area contributed by atoms with Crippen LogP contribution in [0, 0.1) is 18.8 Å². The lowest BCUT2D eigenvalue weighted by molar-refractivity contribution is -0.145. The molecule has 0 saturated carbocycles. The summed E-state index contributed by atoms with van der Waals surface area (Å²) in [7, 11) is 0. The van der Waals surface area contributed by atoms with Gasteiger partial charge in [-0.15, -0.1) is 0 Å². The highest BCUT2D eigenvalue weighted by molar-refractivity contribution is 6.05. The largest absolute Gasteiger partial charge is 0.457 e. The van der Waals surface area contributed by atoms with Crippen LogP contribution in [0.5, 0.6) is 0 Å². The van der Waals surface area contributed by atoms with Crippen molar-refractivity contribution in [1.82, 2.24) is 4.90 Å². The molecule has 6 heteroatoms. The average Bonchev–Trinajstić information content (AvgIpc) is 2.89. The quantitative estimate of drug-likeness (QED) is 0.338. The number of nitrogens with zero attached hydrogens (tertiary/aromatic N) is 1. The number of hydrogen-bond acceptors (Lipinski definition) is 5. The zero-order valence-corrected chi connectivity index (χ0v) is 14.6. The van der Waals surface area contributed by atoms with Crippen LogP contribution in [-0.4, -0.2) is 41.6 Å². The predicted molar refractivity (Wildman–Crippen MR) is 93.2 cm³/mol. The van der Waals surface area contributed by atoms with E-state index < -0.39 is 5.97 Å². The number of fused-ring (bicyclic) bond motifs is 1. The van der Waals surface area contributed by atoms with E-state index in [2.05, 4.69) is 0 Å². The molecular weight excluding hydrogens is 334 g/mol. The summed E-state index contributed by atoms with van der Waals surface area (Å²) in [6, 6.07) is 6.99. The molecule has 0 radical (unpaired) electrons. The van der Waals surface area contributed by atoms with E-state index in [1.165, 1.54) is 0 Å². The molecule has 2 atom stereocenters. The minimum absolute atomic E-state index is 0.00220. The second kappa shape index (κ2) is 7.64. The summed E-state index contributed by atoms with van der Waals surface area (Å²) in [5, 5.41) is 0. The number of carbonyl (C=O) groups excluding carboxylic acids is 4. The fourth-order valence-electron chi connectivity index (χ4n) is 3.33. The monoisotopic (exact) mass is 355 g/mol. The second-order valence-corrected chi connectivity index (χ2v) is 6.68. The smallest absolute Gasteiger partial charge is 0.308 e. The molecule has 0 aromatic heterocycles. The number of ketones is 1. The molecule has 0 spiro atoms. The van der Waals surface area contributed by atoms with Gasteiger partial charge in [-0.3, -0.25) is 24.1 Å². The number of Topliss-reactive ketones (excluding diaryl/α,β-unsaturated/α-hetero) is 1. The zero-order valence-electron chi connectivity index (χ0n) is 14.6. The molecule has 1 aliphatic heterocycles. The van der Waals surface area contributed by atoms with E-state index in [9.17, 15) is 19.2 Å². The Labute approximate surface area is 151 Å². The number of allylic oxidation sites excluding steroid dienone is 2. The molecule has 1 saturated heterocycles. The molecule has 0 N–H and O–H groups in total. The van der Waals surface area contributed by atoms with Crippen LogP contribution in [0.2, 0.25) is 0 Å². The first-order chi connectivity index (χ1) is 12.5. The molecule has 2 aliphatic rings. The minimum Gasteiger partial charge on any atom is -0.457 e. The Morgan fingerprint density at radius 1 is 1.04 bits per heavy atom. The van der Waals surface area contributed by atoms with Crippen LogP contribution in [0.1, 0.15) is 35.2 Å². The van der Waals surface area contributed by atoms with Crippen molar-refractivity contribution >= 4 is 23.6 Å². The first-order valence-electron chi connectivity index (χ1n) is 8.73. The van der Waals surface area contributed by atoms with Crippen molar-refractivity contribution in [3.05, 3.63) is 47.5 Å². The van der Waals surface area contributed by atoms with E-state index >= 15 is 0 Å². The number of amides is 2. The van der Waals surface area contributed by atoms with Crippen molar-refractivity contribution in [1.29, 1.82) is 0 Å². The SMILES string of the molecule is Cc1ccc(C(=O)COC(=O)CCN2C(=O)C3CC=CCC3C2=O)cc1. The lowest BCUT2D eigenvalue weighted by atomic mass is 9.85. The van der Waals surface area contributed by atoms with Gasteiger partial charge >= 0.3 is 5.97 Å². The van der Waals surface area contributed by atoms with Crippen LogP contribution in [0.3, 0.4) is 0 Å². The van der Waals surface area contributed by atoms with E-state index in [4.69, 9.17) is 4.74 Å². The topological polar surface area (TPSA) is 80.8 Å². The normalized spacial score (nSPS) is 21.7. The van der Waals surface area contributed by atoms with Crippen LogP contribution in [0.15, 0.2) is 36.4 Å². The maximum absolute atomic E-state index is 12.3. The number of carbonyl (C=O) groups is 4. The van der Waals surface area contributed by atoms with Crippen molar-refractivity contribution in [2.45, 2.75) is 26.2 Å². The molecule has 1 heterocycles. The van der Waals surface area contributed by atoms with Gasteiger partial charge in [0.05, 0.1) is 18.3 Å². The number of likely N-dealkylation sites (tertiary alicyclic amines) is 1. The third-order valence-corrected chi connectivity index (χ3v) is 4.88. The molecule has 1 aliphatic carbocycles. The summed E-state index contributed by atoms with van der Waals surface area (Å²) in [5.74, 6) is -1.91. The van der Waals surface area contributed by atoms with Crippen LogP contribution in [0.25, 0.3) is 0 Å². The van der Waals surface area contributed by atoms with Gasteiger partial charge in [0.25, 0.3) is 0 Å². The average molecular weight is 355 g/mol. The lowest BCUT2D eigenvalue weighted by Gasteiger charge is -2.14. The third kappa shape index (κ3) is 3.74. The van der Waals surface area contributed by atoms with Crippen molar-refractivity contribution in [3.63, 3.8) is 0 Å². The van der Waals surface area contributed by atoms with Crippen LogP contribution in [-0.2, 0) is 19.1 Å². The van der Waals surface area contributed by atoms with E-state index in [-0.39, 0.29) is 49.0 Å². The molecule has 1 aromatic rings. The first kappa shape index (κ1) is 18.0. The number of rotatable bonds is 6. The fraction of sp³-hybridized carbons (Fsp3) is 0.400. The van der Waals surface area contributed by atoms with Gasteiger partial charge in [-0.2, -0.15) is 0 Å². The summed E-state index contributed by atoms with van der Waals surface area (Å²) in [6.07, 6.45) is 4.87. The number of benzene rings is 1. The summed E-state index contributed by atoms with van der Waals surface area (Å²) < 4.78 is 4.99. The molecule has 1 fully saturated rings. The van der Waals surface area contributed by atoms with Crippen LogP contribution >= 0.6 is 0 Å². The number of hydrogen-bond donors (Lipinski definition) is 0. The summed E-state index contributed by atoms with van der Waals surface area (Å²) in [4.78, 5) is 49.6. The Hall–Kier alpha value is -2.76. The van der Waals surface area contributed by atoms with Crippen molar-refractivity contribution < 1.29 is 23.9 Å². The lowest BCUT2D eigenvalue weighted by Crippen LogP contribution is -2.33. The van der Waals surface area contributed by atoms with Crippen LogP contribution in [0.4, 0.5) is 0 Å². The Bertz CT molecular complexity index is 739. The Morgan fingerprint density at radius 2 is 1.62 bits per heavy atom. The highest BCUT2D eigenvalue weighted by atomic mass is 16.5. The third-order valence-electron chi connectivity index (χ3n) is 4.88. The number of ether oxygens (including phenoxy) is 1. The van der Waals surface area contributed by atoms with Crippen molar-refractivity contribution in [2.75, 3.05) is 13.2 Å². The summed E-state index contributed by atoms with van der Waals surface area (Å²) >= 11 is 0. The Kier molecular flexibility index (Phi) is 5.30. The van der Waals surface area contributed by atoms with Gasteiger partial charge in [-0.25, -0.2) is 0 Å². The highest BCUT2D eigenvalue weighted by Gasteiger charge is 2.46. The molecule has 26 heavy (non-hydrogen) atoms. The standard InChI is InChI=1S/C20H21NO5/c1-13-6-8-14(9-7-13)17(22)12-26-18(23)10-11-21-19(24)15-4-2-3-5-16(15)20(21)25/h2-3,6-9,15-16H,4-5,10-12H2,1H3. The van der Waals surface area contributed by atoms with Crippen LogP contribution < -0.4 is 0 Å². The van der Waals surface area contributed by atoms with Gasteiger partial charge < -0.3 is 4.74 Å². The van der Waals surface area contributed by atoms with Gasteiger partial charge in [0.1, 0.15) is 0 Å². The molecule has 3 rings (SSSR count). The van der Waals surface area contributed by atoms with Crippen molar-refractivity contribution in [3.8, 4) is 0 Å². The second-order valence-electron chi connectivity index (χ2n) is 6.68. The molecule has 0 bridgehead atoms. The Morgan fingerprint density at radius 3 is 2.19 bits per heavy atom. The fourth-order valence-corrected chi connectivity index (χ4v) is 3.33. The summed E-state index contributed by atoms with van der Waals surface area (Å²) in [6.45, 7) is 1.57. The molecular formula is C20H21NO5. The van der Waals surface area contributed by atoms with E-state index in [0.29, 0.717) is 18.4 Å². The number of imide groups is 1. The maximum atomic E-state index is 12.3. The molecule has 1 aromatic carbocycles. The maximum Gasteiger partial charge on any atom is 0.308 e. The summed E-state index contributed by atoms with van der Waals surface area (Å²) in [5.41, 5.74) is 1.51. The van der Waals surface area contributed by atoms with Gasteiger partial charge in [0, 0.05) is 12.1 Å².